The Morgan fingerprint density at radius 3 is 2.62 bits per heavy atom. The van der Waals surface area contributed by atoms with Gasteiger partial charge in [0.1, 0.15) is 5.76 Å². The van der Waals surface area contributed by atoms with E-state index >= 15 is 0 Å². The van der Waals surface area contributed by atoms with Crippen LogP contribution in [0.3, 0.4) is 0 Å². The number of esters is 1. The first kappa shape index (κ1) is 16.1. The van der Waals surface area contributed by atoms with Gasteiger partial charge < -0.3 is 9.15 Å². The van der Waals surface area contributed by atoms with Crippen LogP contribution in [-0.2, 0) is 14.3 Å². The lowest BCUT2D eigenvalue weighted by molar-refractivity contribution is -0.136. The fourth-order valence-electron chi connectivity index (χ4n) is 2.62. The van der Waals surface area contributed by atoms with E-state index in [9.17, 15) is 9.59 Å². The van der Waals surface area contributed by atoms with E-state index in [4.69, 9.17) is 20.8 Å². The number of ether oxygens (including phenoxy) is 1. The fourth-order valence-corrected chi connectivity index (χ4v) is 2.84. The maximum Gasteiger partial charge on any atom is 0.340 e. The van der Waals surface area contributed by atoms with Crippen molar-refractivity contribution in [3.8, 4) is 0 Å². The molecule has 0 N–H and O–H groups in total. The van der Waals surface area contributed by atoms with E-state index in [1.165, 1.54) is 24.3 Å². The zero-order chi connectivity index (χ0) is 17.3. The lowest BCUT2D eigenvalue weighted by atomic mass is 10.1. The Labute approximate surface area is 143 Å². The van der Waals surface area contributed by atoms with Gasteiger partial charge in [0.05, 0.1) is 35.2 Å². The zero-order valence-corrected chi connectivity index (χ0v) is 13.8. The van der Waals surface area contributed by atoms with Crippen LogP contribution in [0.2, 0.25) is 5.02 Å². The van der Waals surface area contributed by atoms with Gasteiger partial charge in [0.2, 0.25) is 0 Å². The molecule has 1 amide bonds. The zero-order valence-electron chi connectivity index (χ0n) is 13.1. The van der Waals surface area contributed by atoms with Gasteiger partial charge in [-0.1, -0.05) is 23.7 Å². The first-order valence-corrected chi connectivity index (χ1v) is 7.56. The molecular formula is C18H14ClNO4. The van der Waals surface area contributed by atoms with Crippen molar-refractivity contribution in [3.05, 3.63) is 70.3 Å². The molecule has 1 aromatic heterocycles. The van der Waals surface area contributed by atoms with Crippen LogP contribution in [0.4, 0.5) is 5.69 Å². The average molecular weight is 344 g/mol. The molecule has 24 heavy (non-hydrogen) atoms. The highest BCUT2D eigenvalue weighted by Gasteiger charge is 2.38. The molecule has 5 nitrogen and oxygen atoms in total. The van der Waals surface area contributed by atoms with Crippen molar-refractivity contribution in [2.24, 2.45) is 0 Å². The van der Waals surface area contributed by atoms with Crippen molar-refractivity contribution in [1.29, 1.82) is 0 Å². The second-order valence-electron chi connectivity index (χ2n) is 5.12. The van der Waals surface area contributed by atoms with Crippen LogP contribution in [-0.4, -0.2) is 19.0 Å². The summed E-state index contributed by atoms with van der Waals surface area (Å²) in [6.07, 6.45) is 3.01. The molecule has 0 fully saturated rings. The summed E-state index contributed by atoms with van der Waals surface area (Å²) in [5.74, 6) is -0.487. The molecule has 0 spiro atoms. The Hall–Kier alpha value is -2.79. The maximum absolute atomic E-state index is 12.9. The van der Waals surface area contributed by atoms with Gasteiger partial charge in [-0.15, -0.1) is 0 Å². The Morgan fingerprint density at radius 1 is 1.25 bits per heavy atom. The molecule has 0 atom stereocenters. The predicted molar refractivity (Wildman–Crippen MR) is 90.3 cm³/mol. The van der Waals surface area contributed by atoms with Gasteiger partial charge in [0.25, 0.3) is 5.91 Å². The minimum absolute atomic E-state index is 0.193. The normalized spacial score (nSPS) is 16.2. The minimum atomic E-state index is -0.590. The van der Waals surface area contributed by atoms with E-state index in [2.05, 4.69) is 0 Å². The van der Waals surface area contributed by atoms with Crippen molar-refractivity contribution < 1.29 is 18.7 Å². The smallest absolute Gasteiger partial charge is 0.340 e. The van der Waals surface area contributed by atoms with Crippen molar-refractivity contribution in [2.75, 3.05) is 12.0 Å². The molecule has 0 bridgehead atoms. The van der Waals surface area contributed by atoms with Crippen molar-refractivity contribution in [1.82, 2.24) is 0 Å². The first-order valence-electron chi connectivity index (χ1n) is 7.18. The molecule has 0 saturated heterocycles. The number of benzene rings is 1. The van der Waals surface area contributed by atoms with Gasteiger partial charge in [0.15, 0.2) is 0 Å². The molecule has 3 rings (SSSR count). The Morgan fingerprint density at radius 2 is 2.00 bits per heavy atom. The number of para-hydroxylation sites is 1. The standard InChI is InChI=1S/C18H14ClNO4/c1-11-16(18(22)23-2)13(10-12-6-5-9-24-12)17(21)20(11)15-8-4-3-7-14(15)19/h3-10H,1-2H3. The van der Waals surface area contributed by atoms with Gasteiger partial charge in [-0.25, -0.2) is 4.79 Å². The van der Waals surface area contributed by atoms with E-state index in [-0.39, 0.29) is 17.1 Å². The van der Waals surface area contributed by atoms with Crippen molar-refractivity contribution >= 4 is 35.2 Å². The molecule has 2 heterocycles. The van der Waals surface area contributed by atoms with Crippen LogP contribution in [0.25, 0.3) is 6.08 Å². The van der Waals surface area contributed by atoms with E-state index in [0.717, 1.165) is 0 Å². The van der Waals surface area contributed by atoms with Gasteiger partial charge in [-0.05, 0) is 37.3 Å². The molecule has 0 unspecified atom stereocenters. The molecule has 0 aliphatic carbocycles. The number of hydrogen-bond donors (Lipinski definition) is 0. The number of nitrogens with zero attached hydrogens (tertiary/aromatic N) is 1. The molecule has 6 heteroatoms. The molecule has 1 aromatic carbocycles. The van der Waals surface area contributed by atoms with Crippen molar-refractivity contribution in [3.63, 3.8) is 0 Å². The number of rotatable bonds is 3. The number of furan rings is 1. The number of anilines is 1. The monoisotopic (exact) mass is 343 g/mol. The summed E-state index contributed by atoms with van der Waals surface area (Å²) >= 11 is 6.22. The summed E-state index contributed by atoms with van der Waals surface area (Å²) in [5.41, 5.74) is 1.36. The highest BCUT2D eigenvalue weighted by atomic mass is 35.5. The van der Waals surface area contributed by atoms with Crippen LogP contribution >= 0.6 is 11.6 Å². The lowest BCUT2D eigenvalue weighted by Gasteiger charge is -2.19. The van der Waals surface area contributed by atoms with Gasteiger partial charge in [-0.2, -0.15) is 0 Å². The predicted octanol–water partition coefficient (Wildman–Crippen LogP) is 3.81. The number of methoxy groups -OCH3 is 1. The Kier molecular flexibility index (Phi) is 4.27. The maximum atomic E-state index is 12.9. The van der Waals surface area contributed by atoms with Gasteiger partial charge >= 0.3 is 5.97 Å². The van der Waals surface area contributed by atoms with Crippen LogP contribution in [0.5, 0.6) is 0 Å². The quantitative estimate of drug-likeness (QED) is 0.628. The van der Waals surface area contributed by atoms with E-state index in [1.54, 1.807) is 43.3 Å². The number of halogens is 1. The van der Waals surface area contributed by atoms with Gasteiger partial charge in [-0.3, -0.25) is 9.69 Å². The van der Waals surface area contributed by atoms with Crippen LogP contribution < -0.4 is 4.90 Å². The van der Waals surface area contributed by atoms with Crippen LogP contribution in [0.15, 0.2) is 63.9 Å². The number of amides is 1. The molecule has 0 saturated carbocycles. The summed E-state index contributed by atoms with van der Waals surface area (Å²) in [6.45, 7) is 1.68. The first-order chi connectivity index (χ1) is 11.5. The lowest BCUT2D eigenvalue weighted by Crippen LogP contribution is -2.24. The van der Waals surface area contributed by atoms with Crippen LogP contribution in [0.1, 0.15) is 12.7 Å². The molecule has 0 radical (unpaired) electrons. The molecule has 122 valence electrons. The molecule has 1 aliphatic rings. The van der Waals surface area contributed by atoms with Crippen LogP contribution in [0, 0.1) is 0 Å². The highest BCUT2D eigenvalue weighted by Crippen LogP contribution is 2.38. The highest BCUT2D eigenvalue weighted by molar-refractivity contribution is 6.35. The second kappa shape index (κ2) is 6.37. The molecular weight excluding hydrogens is 330 g/mol. The van der Waals surface area contributed by atoms with E-state index in [0.29, 0.717) is 22.2 Å². The molecule has 1 aliphatic heterocycles. The van der Waals surface area contributed by atoms with E-state index in [1.807, 2.05) is 0 Å². The topological polar surface area (TPSA) is 59.8 Å². The summed E-state index contributed by atoms with van der Waals surface area (Å²) in [6, 6.07) is 10.3. The Balaban J connectivity index is 2.17. The Bertz CT molecular complexity index is 865. The average Bonchev–Trinajstić information content (AvgIpc) is 3.16. The van der Waals surface area contributed by atoms with Gasteiger partial charge in [0, 0.05) is 5.70 Å². The molecule has 2 aromatic rings. The number of hydrogen-bond acceptors (Lipinski definition) is 4. The summed E-state index contributed by atoms with van der Waals surface area (Å²) in [7, 11) is 1.27. The second-order valence-corrected chi connectivity index (χ2v) is 5.52. The number of allylic oxidation sites excluding steroid dienone is 1. The SMILES string of the molecule is COC(=O)C1=C(C)N(c2ccccc2Cl)C(=O)C1=Cc1ccco1. The van der Waals surface area contributed by atoms with Crippen molar-refractivity contribution in [2.45, 2.75) is 6.92 Å². The largest absolute Gasteiger partial charge is 0.465 e. The number of carbonyl (C=O) groups excluding carboxylic acids is 2. The summed E-state index contributed by atoms with van der Waals surface area (Å²) in [5, 5.41) is 0.411. The third-order valence-corrected chi connectivity index (χ3v) is 4.03. The van der Waals surface area contributed by atoms with E-state index < -0.39 is 5.97 Å². The third-order valence-electron chi connectivity index (χ3n) is 3.71. The number of carbonyl (C=O) groups is 2. The minimum Gasteiger partial charge on any atom is -0.465 e. The summed E-state index contributed by atoms with van der Waals surface area (Å²) in [4.78, 5) is 26.5. The third kappa shape index (κ3) is 2.63. The summed E-state index contributed by atoms with van der Waals surface area (Å²) < 4.78 is 10.1. The fraction of sp³-hybridized carbons (Fsp3) is 0.111.